The van der Waals surface area contributed by atoms with E-state index in [1.54, 1.807) is 0 Å². The summed E-state index contributed by atoms with van der Waals surface area (Å²) in [5.41, 5.74) is 0.537. The summed E-state index contributed by atoms with van der Waals surface area (Å²) < 4.78 is 0. The maximum atomic E-state index is 3.41. The van der Waals surface area contributed by atoms with Gasteiger partial charge >= 0.3 is 0 Å². The molecule has 0 radical (unpaired) electrons. The minimum Gasteiger partial charge on any atom is -0.315 e. The lowest BCUT2D eigenvalue weighted by atomic mass is 9.93. The van der Waals surface area contributed by atoms with Crippen molar-refractivity contribution >= 4 is 0 Å². The quantitative estimate of drug-likeness (QED) is 0.743. The highest BCUT2D eigenvalue weighted by Gasteiger charge is 2.30. The maximum Gasteiger partial charge on any atom is 0.0214 e. The van der Waals surface area contributed by atoms with Gasteiger partial charge in [-0.1, -0.05) is 27.7 Å². The van der Waals surface area contributed by atoms with E-state index in [0.717, 1.165) is 5.92 Å². The first-order valence-corrected chi connectivity index (χ1v) is 5.84. The average molecular weight is 198 g/mol. The van der Waals surface area contributed by atoms with Crippen LogP contribution < -0.4 is 5.32 Å². The Morgan fingerprint density at radius 2 is 2.00 bits per heavy atom. The van der Waals surface area contributed by atoms with Crippen molar-refractivity contribution in [3.63, 3.8) is 0 Å². The van der Waals surface area contributed by atoms with Crippen LogP contribution in [0.4, 0.5) is 0 Å². The number of nitrogens with one attached hydrogen (secondary N) is 1. The third-order valence-corrected chi connectivity index (χ3v) is 3.39. The standard InChI is InChI=1S/C12H26N2/c1-10(2)11(13-5)8-14-7-6-12(3,4)9-14/h10-11,13H,6-9H2,1-5H3. The van der Waals surface area contributed by atoms with Crippen molar-refractivity contribution in [2.75, 3.05) is 26.7 Å². The smallest absolute Gasteiger partial charge is 0.0214 e. The molecule has 1 atom stereocenters. The van der Waals surface area contributed by atoms with Crippen molar-refractivity contribution in [2.24, 2.45) is 11.3 Å². The average Bonchev–Trinajstić information content (AvgIpc) is 2.41. The number of rotatable bonds is 4. The van der Waals surface area contributed by atoms with E-state index >= 15 is 0 Å². The van der Waals surface area contributed by atoms with Crippen LogP contribution in [0.3, 0.4) is 0 Å². The predicted molar refractivity (Wildman–Crippen MR) is 62.5 cm³/mol. The van der Waals surface area contributed by atoms with Crippen molar-refractivity contribution in [3.05, 3.63) is 0 Å². The topological polar surface area (TPSA) is 15.3 Å². The van der Waals surface area contributed by atoms with Crippen molar-refractivity contribution in [3.8, 4) is 0 Å². The molecule has 84 valence electrons. The lowest BCUT2D eigenvalue weighted by Crippen LogP contribution is -2.42. The van der Waals surface area contributed by atoms with Crippen LogP contribution in [-0.2, 0) is 0 Å². The second kappa shape index (κ2) is 4.63. The summed E-state index contributed by atoms with van der Waals surface area (Å²) >= 11 is 0. The summed E-state index contributed by atoms with van der Waals surface area (Å²) in [4.78, 5) is 2.60. The van der Waals surface area contributed by atoms with Crippen LogP contribution in [0.2, 0.25) is 0 Å². The fourth-order valence-corrected chi connectivity index (χ4v) is 2.29. The third kappa shape index (κ3) is 3.25. The van der Waals surface area contributed by atoms with Gasteiger partial charge in [0, 0.05) is 19.1 Å². The summed E-state index contributed by atoms with van der Waals surface area (Å²) in [6, 6.07) is 0.642. The Kier molecular flexibility index (Phi) is 3.96. The fraction of sp³-hybridized carbons (Fsp3) is 1.00. The molecule has 1 saturated heterocycles. The molecule has 0 amide bonds. The Hall–Kier alpha value is -0.0800. The molecule has 0 bridgehead atoms. The van der Waals surface area contributed by atoms with Crippen LogP contribution in [0, 0.1) is 11.3 Å². The monoisotopic (exact) mass is 198 g/mol. The molecule has 0 spiro atoms. The first-order chi connectivity index (χ1) is 6.44. The zero-order chi connectivity index (χ0) is 10.8. The summed E-state index contributed by atoms with van der Waals surface area (Å²) in [6.07, 6.45) is 1.35. The number of hydrogen-bond acceptors (Lipinski definition) is 2. The van der Waals surface area contributed by atoms with E-state index in [1.165, 1.54) is 26.1 Å². The molecule has 1 aliphatic rings. The van der Waals surface area contributed by atoms with Gasteiger partial charge in [0.25, 0.3) is 0 Å². The minimum absolute atomic E-state index is 0.537. The lowest BCUT2D eigenvalue weighted by Gasteiger charge is -2.27. The zero-order valence-electron chi connectivity index (χ0n) is 10.4. The Balaban J connectivity index is 2.38. The summed E-state index contributed by atoms with van der Waals surface area (Å²) in [7, 11) is 2.08. The normalized spacial score (nSPS) is 24.4. The highest BCUT2D eigenvalue weighted by molar-refractivity contribution is 4.85. The molecule has 0 aromatic rings. The molecule has 1 rings (SSSR count). The van der Waals surface area contributed by atoms with E-state index in [2.05, 4.69) is 45.0 Å². The Morgan fingerprint density at radius 3 is 2.36 bits per heavy atom. The van der Waals surface area contributed by atoms with Crippen LogP contribution in [0.15, 0.2) is 0 Å². The van der Waals surface area contributed by atoms with E-state index in [9.17, 15) is 0 Å². The Labute approximate surface area is 89.1 Å². The summed E-state index contributed by atoms with van der Waals surface area (Å²) in [5.74, 6) is 0.726. The number of hydrogen-bond donors (Lipinski definition) is 1. The van der Waals surface area contributed by atoms with Gasteiger partial charge in [0.2, 0.25) is 0 Å². The fourth-order valence-electron chi connectivity index (χ4n) is 2.29. The van der Waals surface area contributed by atoms with Crippen molar-refractivity contribution in [1.29, 1.82) is 0 Å². The van der Waals surface area contributed by atoms with E-state index in [4.69, 9.17) is 0 Å². The SMILES string of the molecule is CNC(CN1CCC(C)(C)C1)C(C)C. The highest BCUT2D eigenvalue weighted by atomic mass is 15.2. The second-order valence-corrected chi connectivity index (χ2v) is 5.79. The lowest BCUT2D eigenvalue weighted by molar-refractivity contribution is 0.240. The zero-order valence-corrected chi connectivity index (χ0v) is 10.4. The van der Waals surface area contributed by atoms with Gasteiger partial charge in [-0.05, 0) is 31.3 Å². The third-order valence-electron chi connectivity index (χ3n) is 3.39. The first kappa shape index (κ1) is 12.0. The largest absolute Gasteiger partial charge is 0.315 e. The molecule has 2 nitrogen and oxygen atoms in total. The molecule has 1 fully saturated rings. The van der Waals surface area contributed by atoms with Gasteiger partial charge < -0.3 is 10.2 Å². The first-order valence-electron chi connectivity index (χ1n) is 5.84. The molecular formula is C12H26N2. The molecule has 14 heavy (non-hydrogen) atoms. The van der Waals surface area contributed by atoms with Gasteiger partial charge in [-0.3, -0.25) is 0 Å². The Morgan fingerprint density at radius 1 is 1.36 bits per heavy atom. The second-order valence-electron chi connectivity index (χ2n) is 5.79. The van der Waals surface area contributed by atoms with Crippen LogP contribution in [-0.4, -0.2) is 37.6 Å². The van der Waals surface area contributed by atoms with E-state index in [1.807, 2.05) is 0 Å². The number of nitrogens with zero attached hydrogens (tertiary/aromatic N) is 1. The van der Waals surface area contributed by atoms with E-state index in [0.29, 0.717) is 11.5 Å². The molecule has 0 aromatic heterocycles. The number of likely N-dealkylation sites (tertiary alicyclic amines) is 1. The van der Waals surface area contributed by atoms with Crippen molar-refractivity contribution in [1.82, 2.24) is 10.2 Å². The molecular weight excluding hydrogens is 172 g/mol. The van der Waals surface area contributed by atoms with Gasteiger partial charge in [0.05, 0.1) is 0 Å². The predicted octanol–water partition coefficient (Wildman–Crippen LogP) is 1.96. The molecule has 0 aliphatic carbocycles. The molecule has 2 heteroatoms. The van der Waals surface area contributed by atoms with Gasteiger partial charge in [-0.2, -0.15) is 0 Å². The van der Waals surface area contributed by atoms with Gasteiger partial charge in [-0.15, -0.1) is 0 Å². The van der Waals surface area contributed by atoms with Crippen LogP contribution >= 0.6 is 0 Å². The van der Waals surface area contributed by atoms with Gasteiger partial charge in [-0.25, -0.2) is 0 Å². The van der Waals surface area contributed by atoms with Gasteiger partial charge in [0.15, 0.2) is 0 Å². The Bertz CT molecular complexity index is 175. The van der Waals surface area contributed by atoms with Gasteiger partial charge in [0.1, 0.15) is 0 Å². The minimum atomic E-state index is 0.537. The van der Waals surface area contributed by atoms with Crippen LogP contribution in [0.1, 0.15) is 34.1 Å². The van der Waals surface area contributed by atoms with Crippen LogP contribution in [0.5, 0.6) is 0 Å². The molecule has 0 aromatic carbocycles. The molecule has 1 N–H and O–H groups in total. The molecule has 1 unspecified atom stereocenters. The maximum absolute atomic E-state index is 3.41. The van der Waals surface area contributed by atoms with Crippen molar-refractivity contribution < 1.29 is 0 Å². The molecule has 0 saturated carbocycles. The van der Waals surface area contributed by atoms with Crippen molar-refractivity contribution in [2.45, 2.75) is 40.2 Å². The molecule has 1 heterocycles. The highest BCUT2D eigenvalue weighted by Crippen LogP contribution is 2.28. The summed E-state index contributed by atoms with van der Waals surface area (Å²) in [5, 5.41) is 3.41. The van der Waals surface area contributed by atoms with E-state index < -0.39 is 0 Å². The number of likely N-dealkylation sites (N-methyl/N-ethyl adjacent to an activating group) is 1. The summed E-state index contributed by atoms with van der Waals surface area (Å²) in [6.45, 7) is 13.1. The van der Waals surface area contributed by atoms with E-state index in [-0.39, 0.29) is 0 Å². The van der Waals surface area contributed by atoms with Crippen LogP contribution in [0.25, 0.3) is 0 Å². The molecule has 1 aliphatic heterocycles.